The van der Waals surface area contributed by atoms with E-state index in [4.69, 9.17) is 24.3 Å². The van der Waals surface area contributed by atoms with Crippen molar-refractivity contribution in [2.24, 2.45) is 5.73 Å². The zero-order valence-corrected chi connectivity index (χ0v) is 35.6. The maximum atomic E-state index is 12.6. The van der Waals surface area contributed by atoms with Crippen LogP contribution in [0.5, 0.6) is 0 Å². The van der Waals surface area contributed by atoms with Gasteiger partial charge in [-0.3, -0.25) is 18.6 Å². The van der Waals surface area contributed by atoms with E-state index in [9.17, 15) is 24.2 Å². The number of nitrogens with two attached hydrogens (primary N) is 1. The number of allylic oxidation sites excluding steroid dienone is 12. The SMILES string of the molecule is CCCCC/C=C\C/C=C\C/C=C\CCCCCCC(=O)OC[C@H](COP(=O)(O)OCCN)OC(=O)CCC/C=C/C=C\C(O)C/C=C\C/C=C\CCCCC. The van der Waals surface area contributed by atoms with Crippen LogP contribution in [-0.2, 0) is 32.7 Å². The number of carbonyl (C=O) groups excluding carboxylic acids is 2. The van der Waals surface area contributed by atoms with Crippen LogP contribution in [-0.4, -0.2) is 60.5 Å². The average molecular weight is 806 g/mol. The Morgan fingerprint density at radius 1 is 0.625 bits per heavy atom. The molecule has 0 amide bonds. The zero-order valence-electron chi connectivity index (χ0n) is 34.7. The topological polar surface area (TPSA) is 155 Å². The minimum absolute atomic E-state index is 0.0231. The number of carbonyl (C=O) groups is 2. The van der Waals surface area contributed by atoms with Gasteiger partial charge in [-0.25, -0.2) is 4.57 Å². The molecular formula is C45H76NO9P. The minimum atomic E-state index is -4.42. The fourth-order valence-corrected chi connectivity index (χ4v) is 5.89. The molecule has 0 fully saturated rings. The Morgan fingerprint density at radius 3 is 1.77 bits per heavy atom. The van der Waals surface area contributed by atoms with E-state index < -0.39 is 38.6 Å². The molecule has 4 N–H and O–H groups in total. The molecule has 0 saturated heterocycles. The van der Waals surface area contributed by atoms with Crippen molar-refractivity contribution < 1.29 is 42.7 Å². The van der Waals surface area contributed by atoms with Crippen molar-refractivity contribution in [3.63, 3.8) is 0 Å². The van der Waals surface area contributed by atoms with E-state index in [1.165, 1.54) is 44.9 Å². The van der Waals surface area contributed by atoms with Crippen LogP contribution in [0, 0.1) is 0 Å². The van der Waals surface area contributed by atoms with Crippen molar-refractivity contribution in [1.82, 2.24) is 0 Å². The van der Waals surface area contributed by atoms with Crippen LogP contribution in [0.15, 0.2) is 85.1 Å². The molecule has 0 aliphatic rings. The summed E-state index contributed by atoms with van der Waals surface area (Å²) >= 11 is 0. The Morgan fingerprint density at radius 2 is 1.16 bits per heavy atom. The number of aliphatic hydroxyl groups excluding tert-OH is 1. The highest BCUT2D eigenvalue weighted by atomic mass is 31.2. The smallest absolute Gasteiger partial charge is 0.462 e. The molecule has 0 aliphatic carbocycles. The van der Waals surface area contributed by atoms with E-state index in [0.29, 0.717) is 25.7 Å². The van der Waals surface area contributed by atoms with E-state index >= 15 is 0 Å². The summed E-state index contributed by atoms with van der Waals surface area (Å²) in [5.41, 5.74) is 5.33. The van der Waals surface area contributed by atoms with E-state index in [1.807, 2.05) is 18.2 Å². The number of hydrogen-bond donors (Lipinski definition) is 3. The number of rotatable bonds is 38. The summed E-state index contributed by atoms with van der Waals surface area (Å²) in [6.07, 6.45) is 46.4. The first-order chi connectivity index (χ1) is 27.2. The first-order valence-electron chi connectivity index (χ1n) is 21.2. The van der Waals surface area contributed by atoms with Gasteiger partial charge in [0, 0.05) is 19.4 Å². The van der Waals surface area contributed by atoms with Crippen molar-refractivity contribution in [1.29, 1.82) is 0 Å². The maximum Gasteiger partial charge on any atom is 0.472 e. The van der Waals surface area contributed by atoms with Crippen molar-refractivity contribution >= 4 is 19.8 Å². The van der Waals surface area contributed by atoms with Gasteiger partial charge in [-0.1, -0.05) is 137 Å². The molecule has 320 valence electrons. The normalized spacial score (nSPS) is 14.7. The van der Waals surface area contributed by atoms with Crippen LogP contribution in [0.4, 0.5) is 0 Å². The molecule has 56 heavy (non-hydrogen) atoms. The number of phosphoric acid groups is 1. The third-order valence-electron chi connectivity index (χ3n) is 8.33. The molecule has 0 rings (SSSR count). The fourth-order valence-electron chi connectivity index (χ4n) is 5.12. The third-order valence-corrected chi connectivity index (χ3v) is 9.32. The van der Waals surface area contributed by atoms with Gasteiger partial charge in [-0.15, -0.1) is 0 Å². The Hall–Kier alpha value is -2.85. The molecule has 0 aliphatic heterocycles. The highest BCUT2D eigenvalue weighted by Gasteiger charge is 2.25. The standard InChI is InChI=1S/C45H76NO9P/c1-3-5-7-9-11-13-14-15-16-17-18-19-20-22-24-28-32-36-44(48)52-40-43(41-54-56(50,51)53-39-38-46)55-45(49)37-33-29-25-27-31-35-42(47)34-30-26-23-21-12-10-8-6-4-2/h11-13,15-16,18-19,21,25-27,30-31,35,42-43,47H,3-10,14,17,20,22-24,28-29,32-34,36-41,46H2,1-2H3,(H,50,51)/b13-11-,16-15-,19-18-,21-12-,27-25+,30-26-,35-31-/t42?,43-/m1/s1. The van der Waals surface area contributed by atoms with Crippen LogP contribution in [0.2, 0.25) is 0 Å². The quantitative estimate of drug-likeness (QED) is 0.0180. The summed E-state index contributed by atoms with van der Waals surface area (Å²) < 4.78 is 32.6. The van der Waals surface area contributed by atoms with Crippen LogP contribution in [0.1, 0.15) is 149 Å². The summed E-state index contributed by atoms with van der Waals surface area (Å²) in [5, 5.41) is 10.1. The molecule has 0 bridgehead atoms. The van der Waals surface area contributed by atoms with Crippen molar-refractivity contribution in [3.8, 4) is 0 Å². The Bertz CT molecular complexity index is 1210. The summed E-state index contributed by atoms with van der Waals surface area (Å²) in [6, 6.07) is 0. The molecule has 0 radical (unpaired) electrons. The number of ether oxygens (including phenoxy) is 2. The zero-order chi connectivity index (χ0) is 41.2. The highest BCUT2D eigenvalue weighted by Crippen LogP contribution is 2.43. The van der Waals surface area contributed by atoms with Crippen LogP contribution in [0.3, 0.4) is 0 Å². The molecule has 0 saturated carbocycles. The van der Waals surface area contributed by atoms with Gasteiger partial charge in [-0.05, 0) is 83.5 Å². The predicted molar refractivity (Wildman–Crippen MR) is 230 cm³/mol. The second-order valence-electron chi connectivity index (χ2n) is 13.7. The highest BCUT2D eigenvalue weighted by molar-refractivity contribution is 7.47. The summed E-state index contributed by atoms with van der Waals surface area (Å²) in [6.45, 7) is 3.45. The van der Waals surface area contributed by atoms with E-state index in [1.54, 1.807) is 12.2 Å². The number of phosphoric ester groups is 1. The van der Waals surface area contributed by atoms with Gasteiger partial charge in [-0.2, -0.15) is 0 Å². The lowest BCUT2D eigenvalue weighted by atomic mass is 10.1. The second kappa shape index (κ2) is 40.4. The van der Waals surface area contributed by atoms with Gasteiger partial charge < -0.3 is 25.2 Å². The molecule has 0 spiro atoms. The number of esters is 2. The average Bonchev–Trinajstić information content (AvgIpc) is 3.18. The molecular weight excluding hydrogens is 729 g/mol. The van der Waals surface area contributed by atoms with Crippen LogP contribution in [0.25, 0.3) is 0 Å². The van der Waals surface area contributed by atoms with Gasteiger partial charge in [0.15, 0.2) is 6.10 Å². The molecule has 11 heteroatoms. The molecule has 3 atom stereocenters. The lowest BCUT2D eigenvalue weighted by Gasteiger charge is -2.19. The van der Waals surface area contributed by atoms with E-state index in [0.717, 1.165) is 51.4 Å². The summed E-state index contributed by atoms with van der Waals surface area (Å²) in [5.74, 6) is -0.993. The van der Waals surface area contributed by atoms with Gasteiger partial charge in [0.1, 0.15) is 6.61 Å². The van der Waals surface area contributed by atoms with Gasteiger partial charge >= 0.3 is 19.8 Å². The Labute approximate surface area is 339 Å². The van der Waals surface area contributed by atoms with E-state index in [2.05, 4.69) is 68.5 Å². The summed E-state index contributed by atoms with van der Waals surface area (Å²) in [7, 11) is -4.42. The molecule has 2 unspecified atom stereocenters. The number of hydrogen-bond acceptors (Lipinski definition) is 9. The monoisotopic (exact) mass is 806 g/mol. The molecule has 0 aromatic carbocycles. The van der Waals surface area contributed by atoms with Crippen LogP contribution >= 0.6 is 7.82 Å². The summed E-state index contributed by atoms with van der Waals surface area (Å²) in [4.78, 5) is 34.8. The molecule has 0 heterocycles. The van der Waals surface area contributed by atoms with E-state index in [-0.39, 0.29) is 32.6 Å². The van der Waals surface area contributed by atoms with Gasteiger partial charge in [0.2, 0.25) is 0 Å². The Balaban J connectivity index is 4.42. The van der Waals surface area contributed by atoms with Crippen molar-refractivity contribution in [3.05, 3.63) is 85.1 Å². The van der Waals surface area contributed by atoms with Gasteiger partial charge in [0.05, 0.1) is 19.3 Å². The van der Waals surface area contributed by atoms with Crippen molar-refractivity contribution in [2.75, 3.05) is 26.4 Å². The number of aliphatic hydroxyl groups is 1. The van der Waals surface area contributed by atoms with Crippen molar-refractivity contribution in [2.45, 2.75) is 161 Å². The molecule has 0 aromatic heterocycles. The first kappa shape index (κ1) is 53.1. The lowest BCUT2D eigenvalue weighted by Crippen LogP contribution is -2.29. The number of unbranched alkanes of at least 4 members (excludes halogenated alkanes) is 11. The third kappa shape index (κ3) is 39.4. The van der Waals surface area contributed by atoms with Crippen LogP contribution < -0.4 is 5.73 Å². The Kier molecular flexibility index (Phi) is 38.3. The molecule has 0 aromatic rings. The lowest BCUT2D eigenvalue weighted by molar-refractivity contribution is -0.161. The minimum Gasteiger partial charge on any atom is -0.462 e. The largest absolute Gasteiger partial charge is 0.472 e. The predicted octanol–water partition coefficient (Wildman–Crippen LogP) is 11.0. The maximum absolute atomic E-state index is 12.6. The second-order valence-corrected chi connectivity index (χ2v) is 15.2. The fraction of sp³-hybridized carbons (Fsp3) is 0.644. The first-order valence-corrected chi connectivity index (χ1v) is 22.7. The van der Waals surface area contributed by atoms with Gasteiger partial charge in [0.25, 0.3) is 0 Å². The molecule has 10 nitrogen and oxygen atoms in total.